The lowest BCUT2D eigenvalue weighted by atomic mass is 9.89. The fraction of sp³-hybridized carbons (Fsp3) is 0.308. The average Bonchev–Trinajstić information content (AvgIpc) is 2.71. The number of amides is 1. The van der Waals surface area contributed by atoms with Gasteiger partial charge in [-0.25, -0.2) is 4.79 Å². The lowest BCUT2D eigenvalue weighted by Gasteiger charge is -2.19. The SMILES string of the molecule is CC(C)(C)OC(=O)Nc1cccc2cc(B(O)O)sc12. The molecule has 1 aromatic carbocycles. The molecule has 3 N–H and O–H groups in total. The van der Waals surface area contributed by atoms with Crippen LogP contribution in [-0.2, 0) is 4.74 Å². The molecule has 0 saturated carbocycles. The third-order valence-electron chi connectivity index (χ3n) is 2.45. The summed E-state index contributed by atoms with van der Waals surface area (Å²) in [4.78, 5) is 11.8. The van der Waals surface area contributed by atoms with E-state index in [9.17, 15) is 14.8 Å². The first-order chi connectivity index (χ1) is 9.26. The third-order valence-corrected chi connectivity index (χ3v) is 3.68. The number of carbonyl (C=O) groups is 1. The summed E-state index contributed by atoms with van der Waals surface area (Å²) in [6.45, 7) is 5.37. The predicted molar refractivity (Wildman–Crippen MR) is 81.5 cm³/mol. The zero-order valence-electron chi connectivity index (χ0n) is 11.5. The molecule has 1 amide bonds. The van der Waals surface area contributed by atoms with E-state index in [0.717, 1.165) is 10.1 Å². The second-order valence-electron chi connectivity index (χ2n) is 5.37. The Hall–Kier alpha value is -1.57. The van der Waals surface area contributed by atoms with Gasteiger partial charge >= 0.3 is 13.2 Å². The molecule has 2 aromatic rings. The molecule has 0 atom stereocenters. The first kappa shape index (κ1) is 14.8. The van der Waals surface area contributed by atoms with Crippen LogP contribution in [0.5, 0.6) is 0 Å². The summed E-state index contributed by atoms with van der Waals surface area (Å²) in [6.07, 6.45) is -0.538. The Morgan fingerprint density at radius 2 is 2.05 bits per heavy atom. The van der Waals surface area contributed by atoms with Crippen LogP contribution in [0.4, 0.5) is 10.5 Å². The van der Waals surface area contributed by atoms with Crippen molar-refractivity contribution in [2.75, 3.05) is 5.32 Å². The van der Waals surface area contributed by atoms with Crippen molar-refractivity contribution >= 4 is 45.1 Å². The molecule has 7 heteroatoms. The maximum Gasteiger partial charge on any atom is 0.499 e. The lowest BCUT2D eigenvalue weighted by Crippen LogP contribution is -2.27. The molecule has 0 aliphatic rings. The minimum Gasteiger partial charge on any atom is -0.444 e. The van der Waals surface area contributed by atoms with Crippen molar-refractivity contribution < 1.29 is 19.6 Å². The number of hydrogen-bond acceptors (Lipinski definition) is 5. The van der Waals surface area contributed by atoms with E-state index in [1.807, 2.05) is 6.07 Å². The van der Waals surface area contributed by atoms with E-state index < -0.39 is 18.8 Å². The van der Waals surface area contributed by atoms with Crippen molar-refractivity contribution in [3.05, 3.63) is 24.3 Å². The van der Waals surface area contributed by atoms with Gasteiger partial charge in [-0.2, -0.15) is 0 Å². The van der Waals surface area contributed by atoms with Crippen LogP contribution in [0.1, 0.15) is 20.8 Å². The molecule has 0 fully saturated rings. The van der Waals surface area contributed by atoms with Crippen LogP contribution >= 0.6 is 11.3 Å². The Morgan fingerprint density at radius 3 is 2.65 bits per heavy atom. The van der Waals surface area contributed by atoms with Gasteiger partial charge in [0, 0.05) is 4.78 Å². The maximum absolute atomic E-state index is 11.8. The van der Waals surface area contributed by atoms with Crippen LogP contribution in [0.15, 0.2) is 24.3 Å². The van der Waals surface area contributed by atoms with Crippen LogP contribution < -0.4 is 10.1 Å². The largest absolute Gasteiger partial charge is 0.499 e. The molecular weight excluding hydrogens is 277 g/mol. The van der Waals surface area contributed by atoms with E-state index in [1.165, 1.54) is 11.3 Å². The number of ether oxygens (including phenoxy) is 1. The normalized spacial score (nSPS) is 11.4. The highest BCUT2D eigenvalue weighted by Gasteiger charge is 2.19. The third kappa shape index (κ3) is 3.50. The van der Waals surface area contributed by atoms with E-state index in [4.69, 9.17) is 4.74 Å². The molecule has 106 valence electrons. The van der Waals surface area contributed by atoms with Crippen molar-refractivity contribution in [1.29, 1.82) is 0 Å². The fourth-order valence-electron chi connectivity index (χ4n) is 1.72. The smallest absolute Gasteiger partial charge is 0.444 e. The first-order valence-electron chi connectivity index (χ1n) is 6.15. The van der Waals surface area contributed by atoms with E-state index >= 15 is 0 Å². The van der Waals surface area contributed by atoms with Crippen LogP contribution in [0.25, 0.3) is 10.1 Å². The highest BCUT2D eigenvalue weighted by atomic mass is 32.1. The summed E-state index contributed by atoms with van der Waals surface area (Å²) < 4.78 is 6.41. The van der Waals surface area contributed by atoms with Crippen molar-refractivity contribution in [2.45, 2.75) is 26.4 Å². The number of benzene rings is 1. The van der Waals surface area contributed by atoms with Gasteiger partial charge in [0.25, 0.3) is 0 Å². The van der Waals surface area contributed by atoms with Crippen molar-refractivity contribution in [2.24, 2.45) is 0 Å². The second-order valence-corrected chi connectivity index (χ2v) is 6.46. The van der Waals surface area contributed by atoms with Gasteiger partial charge in [-0.1, -0.05) is 12.1 Å². The van der Waals surface area contributed by atoms with E-state index in [-0.39, 0.29) is 0 Å². The van der Waals surface area contributed by atoms with E-state index in [0.29, 0.717) is 10.5 Å². The number of rotatable bonds is 2. The molecular formula is C13H16BNO4S. The van der Waals surface area contributed by atoms with Crippen LogP contribution in [0, 0.1) is 0 Å². The Morgan fingerprint density at radius 1 is 1.35 bits per heavy atom. The number of anilines is 1. The monoisotopic (exact) mass is 293 g/mol. The standard InChI is InChI=1S/C13H16BNO4S/c1-13(2,3)19-12(16)15-9-6-4-5-8-7-10(14(17)18)20-11(8)9/h4-7,17-18H,1-3H3,(H,15,16). The van der Waals surface area contributed by atoms with Crippen LogP contribution in [0.2, 0.25) is 0 Å². The number of fused-ring (bicyclic) bond motifs is 1. The zero-order valence-corrected chi connectivity index (χ0v) is 12.3. The van der Waals surface area contributed by atoms with Gasteiger partial charge in [-0.05, 0) is 38.3 Å². The van der Waals surface area contributed by atoms with Gasteiger partial charge in [-0.15, -0.1) is 11.3 Å². The molecule has 1 heterocycles. The van der Waals surface area contributed by atoms with Gasteiger partial charge in [0.15, 0.2) is 0 Å². The Balaban J connectivity index is 2.28. The lowest BCUT2D eigenvalue weighted by molar-refractivity contribution is 0.0636. The predicted octanol–water partition coefficient (Wildman–Crippen LogP) is 1.93. The molecule has 0 unspecified atom stereocenters. The molecule has 0 spiro atoms. The highest BCUT2D eigenvalue weighted by Crippen LogP contribution is 2.28. The van der Waals surface area contributed by atoms with Gasteiger partial charge < -0.3 is 14.8 Å². The van der Waals surface area contributed by atoms with E-state index in [1.54, 1.807) is 39.0 Å². The Kier molecular flexibility index (Phi) is 4.03. The zero-order chi connectivity index (χ0) is 14.9. The summed E-state index contributed by atoms with van der Waals surface area (Å²) >= 11 is 1.22. The maximum atomic E-state index is 11.8. The summed E-state index contributed by atoms with van der Waals surface area (Å²) in [5.74, 6) is 0. The highest BCUT2D eigenvalue weighted by molar-refractivity contribution is 7.28. The molecule has 0 aliphatic carbocycles. The summed E-state index contributed by atoms with van der Waals surface area (Å²) in [5, 5.41) is 21.9. The minimum atomic E-state index is -1.51. The molecule has 2 rings (SSSR count). The summed E-state index contributed by atoms with van der Waals surface area (Å²) in [5.41, 5.74) is 0.0218. The Labute approximate surface area is 121 Å². The number of hydrogen-bond donors (Lipinski definition) is 3. The summed E-state index contributed by atoms with van der Waals surface area (Å²) in [7, 11) is -1.51. The van der Waals surface area contributed by atoms with Crippen molar-refractivity contribution in [1.82, 2.24) is 0 Å². The quantitative estimate of drug-likeness (QED) is 0.739. The molecule has 5 nitrogen and oxygen atoms in total. The van der Waals surface area contributed by atoms with E-state index in [2.05, 4.69) is 5.32 Å². The number of thiophene rings is 1. The van der Waals surface area contributed by atoms with Crippen molar-refractivity contribution in [3.63, 3.8) is 0 Å². The molecule has 0 aliphatic heterocycles. The first-order valence-corrected chi connectivity index (χ1v) is 6.96. The molecule has 1 aromatic heterocycles. The topological polar surface area (TPSA) is 78.8 Å². The van der Waals surface area contributed by atoms with Crippen LogP contribution in [-0.4, -0.2) is 28.9 Å². The minimum absolute atomic E-state index is 0.429. The Bertz CT molecular complexity index is 633. The number of carbonyl (C=O) groups excluding carboxylic acids is 1. The molecule has 0 saturated heterocycles. The summed E-state index contributed by atoms with van der Waals surface area (Å²) in [6, 6.07) is 7.06. The molecule has 20 heavy (non-hydrogen) atoms. The second kappa shape index (κ2) is 5.44. The van der Waals surface area contributed by atoms with Crippen LogP contribution in [0.3, 0.4) is 0 Å². The average molecular weight is 293 g/mol. The van der Waals surface area contributed by atoms with Gasteiger partial charge in [0.1, 0.15) is 5.60 Å². The molecule has 0 bridgehead atoms. The molecule has 0 radical (unpaired) electrons. The van der Waals surface area contributed by atoms with Gasteiger partial charge in [-0.3, -0.25) is 5.32 Å². The van der Waals surface area contributed by atoms with Gasteiger partial charge in [0.2, 0.25) is 0 Å². The van der Waals surface area contributed by atoms with Gasteiger partial charge in [0.05, 0.1) is 10.4 Å². The number of nitrogens with one attached hydrogen (secondary N) is 1. The fourth-order valence-corrected chi connectivity index (χ4v) is 2.72. The van der Waals surface area contributed by atoms with Crippen molar-refractivity contribution in [3.8, 4) is 0 Å².